The molecule has 1 aliphatic heterocycles. The van der Waals surface area contributed by atoms with E-state index in [4.69, 9.17) is 19.0 Å². The van der Waals surface area contributed by atoms with Crippen molar-refractivity contribution in [2.45, 2.75) is 79.1 Å². The molecule has 3 unspecified atom stereocenters. The Morgan fingerprint density at radius 1 is 1.31 bits per heavy atom. The van der Waals surface area contributed by atoms with Crippen molar-refractivity contribution < 1.29 is 33.5 Å². The van der Waals surface area contributed by atoms with Crippen molar-refractivity contribution in [3.63, 3.8) is 0 Å². The fraction of sp³-hybridized carbons (Fsp3) is 0.857. The molecule has 0 aromatic heterocycles. The van der Waals surface area contributed by atoms with Gasteiger partial charge in [0, 0.05) is 4.90 Å². The molecule has 1 saturated heterocycles. The van der Waals surface area contributed by atoms with Gasteiger partial charge in [0.25, 0.3) is 0 Å². The Labute approximate surface area is 173 Å². The van der Waals surface area contributed by atoms with E-state index in [1.165, 1.54) is 0 Å². The van der Waals surface area contributed by atoms with Crippen molar-refractivity contribution in [2.24, 2.45) is 23.7 Å². The van der Waals surface area contributed by atoms with E-state index < -0.39 is 24.1 Å². The van der Waals surface area contributed by atoms with Crippen LogP contribution in [0, 0.1) is 28.9 Å². The summed E-state index contributed by atoms with van der Waals surface area (Å²) in [6.07, 6.45) is 2.41. The molecule has 1 aliphatic carbocycles. The summed E-state index contributed by atoms with van der Waals surface area (Å²) >= 11 is 0. The second-order valence-corrected chi connectivity index (χ2v) is 8.37. The van der Waals surface area contributed by atoms with Crippen LogP contribution in [0.3, 0.4) is 0 Å². The fourth-order valence-electron chi connectivity index (χ4n) is 4.14. The molecule has 0 aromatic rings. The first-order valence-corrected chi connectivity index (χ1v) is 10.8. The van der Waals surface area contributed by atoms with Crippen LogP contribution in [-0.2, 0) is 28.6 Å². The molecule has 2 rings (SSSR count). The summed E-state index contributed by atoms with van der Waals surface area (Å²) in [6.45, 7) is 10.2. The number of rotatable bonds is 9. The largest absolute Gasteiger partial charge is 0.458 e. The molecule has 8 heteroatoms. The first kappa shape index (κ1) is 23.4. The molecule has 29 heavy (non-hydrogen) atoms. The molecule has 5 atom stereocenters. The van der Waals surface area contributed by atoms with Crippen LogP contribution in [-0.4, -0.2) is 48.2 Å². The van der Waals surface area contributed by atoms with Crippen LogP contribution in [0.2, 0.25) is 0 Å². The van der Waals surface area contributed by atoms with Gasteiger partial charge in [0.15, 0.2) is 0 Å². The summed E-state index contributed by atoms with van der Waals surface area (Å²) in [5, 5.41) is 12.5. The third-order valence-corrected chi connectivity index (χ3v) is 5.68. The van der Waals surface area contributed by atoms with Crippen molar-refractivity contribution in [3.05, 3.63) is 5.21 Å². The normalized spacial score (nSPS) is 30.7. The number of esters is 2. The van der Waals surface area contributed by atoms with Crippen molar-refractivity contribution in [3.8, 4) is 0 Å². The van der Waals surface area contributed by atoms with Gasteiger partial charge in [-0.15, -0.1) is 0 Å². The zero-order chi connectivity index (χ0) is 21.6. The predicted octanol–water partition coefficient (Wildman–Crippen LogP) is 3.21. The second kappa shape index (κ2) is 10.8. The molecule has 0 N–H and O–H groups in total. The monoisotopic (exact) mass is 413 g/mol. The predicted molar refractivity (Wildman–Crippen MR) is 106 cm³/mol. The SMILES string of the molecule is CCCO/[N+]([O-])=C(/C(=O)OCC)[C@@H]1CC(=O)O[C@H]1OC1CC(C)CCC1C(C)C. The highest BCUT2D eigenvalue weighted by Gasteiger charge is 2.50. The molecular formula is C21H35NO7. The van der Waals surface area contributed by atoms with E-state index in [-0.39, 0.29) is 36.4 Å². The topological polar surface area (TPSA) is 97.1 Å². The second-order valence-electron chi connectivity index (χ2n) is 8.37. The highest BCUT2D eigenvalue weighted by atomic mass is 16.9. The number of hydrogen-bond donors (Lipinski definition) is 0. The van der Waals surface area contributed by atoms with E-state index in [1.807, 2.05) is 6.92 Å². The van der Waals surface area contributed by atoms with Crippen LogP contribution >= 0.6 is 0 Å². The Hall–Kier alpha value is -1.83. The van der Waals surface area contributed by atoms with Crippen molar-refractivity contribution >= 4 is 17.7 Å². The van der Waals surface area contributed by atoms with Crippen LogP contribution < -0.4 is 0 Å². The zero-order valence-electron chi connectivity index (χ0n) is 18.2. The molecule has 2 fully saturated rings. The van der Waals surface area contributed by atoms with Gasteiger partial charge in [-0.1, -0.05) is 34.1 Å². The summed E-state index contributed by atoms with van der Waals surface area (Å²) in [5.41, 5.74) is -0.277. The van der Waals surface area contributed by atoms with Gasteiger partial charge in [0.1, 0.15) is 5.92 Å². The Kier molecular flexibility index (Phi) is 8.74. The molecule has 0 radical (unpaired) electrons. The first-order valence-electron chi connectivity index (χ1n) is 10.8. The van der Waals surface area contributed by atoms with Crippen LogP contribution in [0.15, 0.2) is 0 Å². The number of cyclic esters (lactones) is 1. The quantitative estimate of drug-likeness (QED) is 0.248. The fourth-order valence-corrected chi connectivity index (χ4v) is 4.14. The van der Waals surface area contributed by atoms with Crippen LogP contribution in [0.25, 0.3) is 0 Å². The number of carbonyl (C=O) groups excluding carboxylic acids is 2. The Bertz CT molecular complexity index is 604. The van der Waals surface area contributed by atoms with E-state index in [0.29, 0.717) is 24.2 Å². The third kappa shape index (κ3) is 6.07. The van der Waals surface area contributed by atoms with Gasteiger partial charge in [-0.2, -0.15) is 0 Å². The van der Waals surface area contributed by atoms with Crippen LogP contribution in [0.1, 0.15) is 66.7 Å². The van der Waals surface area contributed by atoms with Crippen molar-refractivity contribution in [2.75, 3.05) is 13.2 Å². The lowest BCUT2D eigenvalue weighted by Crippen LogP contribution is -2.43. The molecule has 166 valence electrons. The third-order valence-electron chi connectivity index (χ3n) is 5.68. The van der Waals surface area contributed by atoms with Gasteiger partial charge in [0.2, 0.25) is 6.29 Å². The summed E-state index contributed by atoms with van der Waals surface area (Å²) in [7, 11) is 0. The van der Waals surface area contributed by atoms with Gasteiger partial charge in [-0.25, -0.2) is 4.79 Å². The number of ether oxygens (including phenoxy) is 3. The van der Waals surface area contributed by atoms with E-state index in [1.54, 1.807) is 6.92 Å². The minimum Gasteiger partial charge on any atom is -0.458 e. The minimum absolute atomic E-state index is 0.0998. The molecule has 1 saturated carbocycles. The lowest BCUT2D eigenvalue weighted by Gasteiger charge is -2.38. The number of hydrogen-bond acceptors (Lipinski definition) is 7. The Morgan fingerprint density at radius 2 is 2.03 bits per heavy atom. The molecular weight excluding hydrogens is 378 g/mol. The van der Waals surface area contributed by atoms with E-state index in [9.17, 15) is 14.8 Å². The Balaban J connectivity index is 2.27. The maximum atomic E-state index is 12.5. The average Bonchev–Trinajstić information content (AvgIpc) is 3.00. The molecule has 2 aliphatic rings. The van der Waals surface area contributed by atoms with Gasteiger partial charge in [0.05, 0.1) is 25.7 Å². The number of carbonyl (C=O) groups is 2. The summed E-state index contributed by atoms with van der Waals surface area (Å²) in [4.78, 5) is 29.9. The number of nitrogens with zero attached hydrogens (tertiary/aromatic N) is 1. The van der Waals surface area contributed by atoms with Gasteiger partial charge in [-0.3, -0.25) is 10.0 Å². The lowest BCUT2D eigenvalue weighted by molar-refractivity contribution is -0.742. The zero-order valence-corrected chi connectivity index (χ0v) is 18.2. The molecule has 0 spiro atoms. The first-order chi connectivity index (χ1) is 13.8. The highest BCUT2D eigenvalue weighted by molar-refractivity contribution is 6.35. The van der Waals surface area contributed by atoms with Gasteiger partial charge in [-0.05, 0) is 43.9 Å². The molecule has 0 amide bonds. The minimum atomic E-state index is -1.000. The standard InChI is InChI=1S/C21H35NO7/c1-6-10-27-22(25)19(20(24)26-7-2)16-12-18(23)29-21(16)28-17-11-14(5)8-9-15(17)13(3)4/h13-17,21H,6-12H2,1-5H3/b22-19+/t14?,15?,16-,17?,21+/m0/s1. The smallest absolute Gasteiger partial charge is 0.405 e. The van der Waals surface area contributed by atoms with Crippen molar-refractivity contribution in [1.29, 1.82) is 0 Å². The van der Waals surface area contributed by atoms with Gasteiger partial charge >= 0.3 is 17.7 Å². The summed E-state index contributed by atoms with van der Waals surface area (Å²) in [6, 6.07) is 0. The molecule has 1 heterocycles. The highest BCUT2D eigenvalue weighted by Crippen LogP contribution is 2.38. The van der Waals surface area contributed by atoms with Crippen LogP contribution in [0.5, 0.6) is 0 Å². The van der Waals surface area contributed by atoms with E-state index in [2.05, 4.69) is 20.8 Å². The van der Waals surface area contributed by atoms with Crippen molar-refractivity contribution in [1.82, 2.24) is 0 Å². The molecule has 0 bridgehead atoms. The lowest BCUT2D eigenvalue weighted by atomic mass is 9.75. The van der Waals surface area contributed by atoms with E-state index >= 15 is 0 Å². The maximum Gasteiger partial charge on any atom is 0.405 e. The maximum absolute atomic E-state index is 12.5. The average molecular weight is 414 g/mol. The summed E-state index contributed by atoms with van der Waals surface area (Å²) < 4.78 is 16.7. The molecule has 0 aromatic carbocycles. The summed E-state index contributed by atoms with van der Waals surface area (Å²) in [5.74, 6) is -0.926. The van der Waals surface area contributed by atoms with Crippen LogP contribution in [0.4, 0.5) is 0 Å². The molecule has 8 nitrogen and oxygen atoms in total. The van der Waals surface area contributed by atoms with E-state index in [0.717, 1.165) is 19.3 Å². The van der Waals surface area contributed by atoms with Gasteiger partial charge < -0.3 is 19.0 Å². The Morgan fingerprint density at radius 3 is 2.66 bits per heavy atom.